The summed E-state index contributed by atoms with van der Waals surface area (Å²) in [4.78, 5) is 27.4. The molecule has 7 nitrogen and oxygen atoms in total. The SMILES string of the molecule is O=C(NCC1(C(=O)O)CC1)c1cccc(-n2cccn2)n1. The molecule has 0 bridgehead atoms. The highest BCUT2D eigenvalue weighted by Gasteiger charge is 2.50. The Hall–Kier alpha value is -2.70. The van der Waals surface area contributed by atoms with Crippen molar-refractivity contribution >= 4 is 11.9 Å². The first-order valence-electron chi connectivity index (χ1n) is 6.59. The lowest BCUT2D eigenvalue weighted by Gasteiger charge is -2.11. The summed E-state index contributed by atoms with van der Waals surface area (Å²) in [6.45, 7) is 0.134. The molecule has 1 aliphatic rings. The number of nitrogens with one attached hydrogen (secondary N) is 1. The van der Waals surface area contributed by atoms with E-state index in [9.17, 15) is 9.59 Å². The van der Waals surface area contributed by atoms with E-state index in [4.69, 9.17) is 5.11 Å². The van der Waals surface area contributed by atoms with Gasteiger partial charge in [0.2, 0.25) is 0 Å². The van der Waals surface area contributed by atoms with Gasteiger partial charge >= 0.3 is 5.97 Å². The number of aromatic nitrogens is 3. The van der Waals surface area contributed by atoms with Crippen molar-refractivity contribution in [2.45, 2.75) is 12.8 Å². The zero-order valence-corrected chi connectivity index (χ0v) is 11.2. The van der Waals surface area contributed by atoms with Crippen LogP contribution >= 0.6 is 0 Å². The molecule has 0 saturated heterocycles. The molecule has 0 unspecified atom stereocenters. The number of hydrogen-bond donors (Lipinski definition) is 2. The maximum atomic E-state index is 12.1. The van der Waals surface area contributed by atoms with E-state index in [1.165, 1.54) is 0 Å². The Kier molecular flexibility index (Phi) is 3.17. The molecule has 7 heteroatoms. The molecule has 108 valence electrons. The van der Waals surface area contributed by atoms with E-state index in [0.717, 1.165) is 0 Å². The van der Waals surface area contributed by atoms with Crippen molar-refractivity contribution in [1.82, 2.24) is 20.1 Å². The van der Waals surface area contributed by atoms with Gasteiger partial charge in [0.1, 0.15) is 5.69 Å². The fourth-order valence-corrected chi connectivity index (χ4v) is 2.04. The van der Waals surface area contributed by atoms with Crippen LogP contribution in [-0.4, -0.2) is 38.3 Å². The molecular weight excluding hydrogens is 272 g/mol. The van der Waals surface area contributed by atoms with Crippen molar-refractivity contribution < 1.29 is 14.7 Å². The summed E-state index contributed by atoms with van der Waals surface area (Å²) in [5, 5.41) is 15.8. The van der Waals surface area contributed by atoms with E-state index in [1.807, 2.05) is 0 Å². The summed E-state index contributed by atoms with van der Waals surface area (Å²) in [7, 11) is 0. The summed E-state index contributed by atoms with van der Waals surface area (Å²) < 4.78 is 1.55. The van der Waals surface area contributed by atoms with Gasteiger partial charge < -0.3 is 10.4 Å². The highest BCUT2D eigenvalue weighted by atomic mass is 16.4. The van der Waals surface area contributed by atoms with Crippen LogP contribution in [0.25, 0.3) is 5.82 Å². The molecule has 3 rings (SSSR count). The second kappa shape index (κ2) is 5.01. The average molecular weight is 286 g/mol. The monoisotopic (exact) mass is 286 g/mol. The van der Waals surface area contributed by atoms with Gasteiger partial charge in [-0.05, 0) is 31.0 Å². The number of carbonyl (C=O) groups is 2. The number of amides is 1. The van der Waals surface area contributed by atoms with Gasteiger partial charge in [-0.15, -0.1) is 0 Å². The highest BCUT2D eigenvalue weighted by molar-refractivity contribution is 5.93. The zero-order chi connectivity index (χ0) is 14.9. The molecule has 1 fully saturated rings. The van der Waals surface area contributed by atoms with Gasteiger partial charge in [-0.1, -0.05) is 6.07 Å². The minimum atomic E-state index is -0.860. The van der Waals surface area contributed by atoms with Crippen LogP contribution in [0, 0.1) is 5.41 Å². The Morgan fingerprint density at radius 3 is 2.76 bits per heavy atom. The fraction of sp³-hybridized carbons (Fsp3) is 0.286. The third-order valence-electron chi connectivity index (χ3n) is 3.60. The van der Waals surface area contributed by atoms with Gasteiger partial charge in [0, 0.05) is 18.9 Å². The van der Waals surface area contributed by atoms with Crippen molar-refractivity contribution in [3.05, 3.63) is 42.4 Å². The maximum absolute atomic E-state index is 12.1. The summed E-state index contributed by atoms with van der Waals surface area (Å²) in [6, 6.07) is 6.80. The van der Waals surface area contributed by atoms with Crippen molar-refractivity contribution in [1.29, 1.82) is 0 Å². The Bertz CT molecular complexity index is 677. The predicted molar refractivity (Wildman–Crippen MR) is 73.0 cm³/mol. The van der Waals surface area contributed by atoms with Gasteiger partial charge in [-0.3, -0.25) is 9.59 Å². The first-order chi connectivity index (χ1) is 10.1. The number of carbonyl (C=O) groups excluding carboxylic acids is 1. The predicted octanol–water partition coefficient (Wildman–Crippen LogP) is 0.862. The highest BCUT2D eigenvalue weighted by Crippen LogP contribution is 2.45. The van der Waals surface area contributed by atoms with Gasteiger partial charge in [0.05, 0.1) is 5.41 Å². The summed E-state index contributed by atoms with van der Waals surface area (Å²) in [6.07, 6.45) is 4.55. The minimum absolute atomic E-state index is 0.134. The molecule has 21 heavy (non-hydrogen) atoms. The van der Waals surface area contributed by atoms with Gasteiger partial charge in [-0.25, -0.2) is 9.67 Å². The van der Waals surface area contributed by atoms with Gasteiger partial charge in [0.25, 0.3) is 5.91 Å². The van der Waals surface area contributed by atoms with E-state index < -0.39 is 11.4 Å². The van der Waals surface area contributed by atoms with Crippen LogP contribution in [-0.2, 0) is 4.79 Å². The van der Waals surface area contributed by atoms with Crippen LogP contribution in [0.5, 0.6) is 0 Å². The molecular formula is C14H14N4O3. The molecule has 1 saturated carbocycles. The standard InChI is InChI=1S/C14H14N4O3/c19-12(15-9-14(5-6-14)13(20)21)10-3-1-4-11(17-10)18-8-2-7-16-18/h1-4,7-8H,5-6,9H2,(H,15,19)(H,20,21). The quantitative estimate of drug-likeness (QED) is 0.849. The van der Waals surface area contributed by atoms with Crippen molar-refractivity contribution in [3.8, 4) is 5.82 Å². The van der Waals surface area contributed by atoms with E-state index in [0.29, 0.717) is 18.7 Å². The lowest BCUT2D eigenvalue weighted by molar-refractivity contribution is -0.143. The lowest BCUT2D eigenvalue weighted by atomic mass is 10.1. The molecule has 0 spiro atoms. The Labute approximate surface area is 120 Å². The maximum Gasteiger partial charge on any atom is 0.311 e. The number of rotatable bonds is 5. The molecule has 2 aromatic heterocycles. The minimum Gasteiger partial charge on any atom is -0.481 e. The third-order valence-corrected chi connectivity index (χ3v) is 3.60. The number of carboxylic acid groups (broad SMARTS) is 1. The number of carboxylic acids is 1. The largest absolute Gasteiger partial charge is 0.481 e. The molecule has 0 radical (unpaired) electrons. The topological polar surface area (TPSA) is 97.1 Å². The number of hydrogen-bond acceptors (Lipinski definition) is 4. The second-order valence-corrected chi connectivity index (χ2v) is 5.10. The van der Waals surface area contributed by atoms with Crippen LogP contribution in [0.3, 0.4) is 0 Å². The molecule has 2 heterocycles. The summed E-state index contributed by atoms with van der Waals surface area (Å²) >= 11 is 0. The fourth-order valence-electron chi connectivity index (χ4n) is 2.04. The van der Waals surface area contributed by atoms with Crippen molar-refractivity contribution in [3.63, 3.8) is 0 Å². The molecule has 2 N–H and O–H groups in total. The van der Waals surface area contributed by atoms with Gasteiger partial charge in [-0.2, -0.15) is 5.10 Å². The Morgan fingerprint density at radius 2 is 2.14 bits per heavy atom. The molecule has 1 aliphatic carbocycles. The first kappa shape index (κ1) is 13.3. The van der Waals surface area contributed by atoms with Crippen LogP contribution < -0.4 is 5.32 Å². The number of aliphatic carboxylic acids is 1. The second-order valence-electron chi connectivity index (χ2n) is 5.10. The van der Waals surface area contributed by atoms with E-state index in [1.54, 1.807) is 41.3 Å². The summed E-state index contributed by atoms with van der Waals surface area (Å²) in [5.74, 6) is -0.704. The van der Waals surface area contributed by atoms with Crippen LogP contribution in [0.1, 0.15) is 23.3 Å². The van der Waals surface area contributed by atoms with Crippen LogP contribution in [0.2, 0.25) is 0 Å². The molecule has 0 aliphatic heterocycles. The molecule has 2 aromatic rings. The lowest BCUT2D eigenvalue weighted by Crippen LogP contribution is -2.34. The van der Waals surface area contributed by atoms with Crippen molar-refractivity contribution in [2.24, 2.45) is 5.41 Å². The normalized spacial score (nSPS) is 15.4. The van der Waals surface area contributed by atoms with Crippen molar-refractivity contribution in [2.75, 3.05) is 6.54 Å². The first-order valence-corrected chi connectivity index (χ1v) is 6.59. The third kappa shape index (κ3) is 2.62. The summed E-state index contributed by atoms with van der Waals surface area (Å²) in [5.41, 5.74) is -0.542. The zero-order valence-electron chi connectivity index (χ0n) is 11.2. The van der Waals surface area contributed by atoms with Crippen LogP contribution in [0.4, 0.5) is 0 Å². The van der Waals surface area contributed by atoms with E-state index in [2.05, 4.69) is 15.4 Å². The smallest absolute Gasteiger partial charge is 0.311 e. The van der Waals surface area contributed by atoms with Gasteiger partial charge in [0.15, 0.2) is 5.82 Å². The molecule has 0 atom stereocenters. The number of nitrogens with zero attached hydrogens (tertiary/aromatic N) is 3. The Balaban J connectivity index is 1.71. The molecule has 1 amide bonds. The van der Waals surface area contributed by atoms with E-state index >= 15 is 0 Å². The Morgan fingerprint density at radius 1 is 1.33 bits per heavy atom. The molecule has 0 aromatic carbocycles. The van der Waals surface area contributed by atoms with Crippen LogP contribution in [0.15, 0.2) is 36.7 Å². The number of pyridine rings is 1. The average Bonchev–Trinajstić information content (AvgIpc) is 3.09. The van der Waals surface area contributed by atoms with E-state index in [-0.39, 0.29) is 18.1 Å².